The third kappa shape index (κ3) is 4.77. The molecular weight excluding hydrogens is 398 g/mol. The molecule has 3 rings (SSSR count). The molecule has 0 radical (unpaired) electrons. The van der Waals surface area contributed by atoms with E-state index in [1.165, 1.54) is 0 Å². The number of ether oxygens (including phenoxy) is 1. The third-order valence-electron chi connectivity index (χ3n) is 4.77. The van der Waals surface area contributed by atoms with Crippen LogP contribution in [0.4, 0.5) is 5.69 Å². The summed E-state index contributed by atoms with van der Waals surface area (Å²) in [5.41, 5.74) is 1.06. The second-order valence-corrected chi connectivity index (χ2v) is 7.01. The Balaban J connectivity index is 1.61. The first-order chi connectivity index (χ1) is 14.0. The molecule has 0 aliphatic carbocycles. The Hall–Kier alpha value is -2.43. The first-order valence-corrected chi connectivity index (χ1v) is 9.83. The Labute approximate surface area is 173 Å². The van der Waals surface area contributed by atoms with Crippen LogP contribution in [0.5, 0.6) is 0 Å². The Kier molecular flexibility index (Phi) is 7.24. The van der Waals surface area contributed by atoms with E-state index in [1.54, 1.807) is 18.2 Å². The summed E-state index contributed by atoms with van der Waals surface area (Å²) in [4.78, 5) is 50.2. The van der Waals surface area contributed by atoms with Crippen molar-refractivity contribution in [3.8, 4) is 0 Å². The molecule has 1 atom stereocenters. The first-order valence-electron chi connectivity index (χ1n) is 9.47. The van der Waals surface area contributed by atoms with E-state index in [0.717, 1.165) is 11.3 Å². The number of anilines is 1. The predicted molar refractivity (Wildman–Crippen MR) is 107 cm³/mol. The van der Waals surface area contributed by atoms with Crippen LogP contribution in [0.15, 0.2) is 18.2 Å². The minimum Gasteiger partial charge on any atom is -0.384 e. The van der Waals surface area contributed by atoms with Gasteiger partial charge in [0.2, 0.25) is 11.8 Å². The summed E-state index contributed by atoms with van der Waals surface area (Å²) in [5.74, 6) is -2.06. The van der Waals surface area contributed by atoms with Crippen molar-refractivity contribution >= 4 is 42.2 Å². The van der Waals surface area contributed by atoms with Gasteiger partial charge in [-0.2, -0.15) is 0 Å². The van der Waals surface area contributed by atoms with Crippen LogP contribution in [0.3, 0.4) is 0 Å². The minimum atomic E-state index is -0.970. The summed E-state index contributed by atoms with van der Waals surface area (Å²) in [6, 6.07) is 4.01. The molecule has 0 bridgehead atoms. The summed E-state index contributed by atoms with van der Waals surface area (Å²) in [6.45, 7) is 2.20. The number of imide groups is 2. The molecule has 1 unspecified atom stereocenters. The van der Waals surface area contributed by atoms with Gasteiger partial charge in [-0.1, -0.05) is 6.07 Å². The molecule has 1 aromatic carbocycles. The van der Waals surface area contributed by atoms with E-state index in [-0.39, 0.29) is 24.0 Å². The number of fused-ring (bicyclic) bond motifs is 1. The molecule has 9 nitrogen and oxygen atoms in total. The fourth-order valence-corrected chi connectivity index (χ4v) is 3.52. The second kappa shape index (κ2) is 9.86. The summed E-state index contributed by atoms with van der Waals surface area (Å²) in [5, 5.41) is 5.36. The standard InChI is InChI=1S/C19H23N3O6S/c23-15-7-6-14(17(24)21-15)22-18(25)12-4-1-5-13(16(12)19(22)26)20-8-2-9-27-10-3-11-28-29/h1,4-5,14,20,29H,2-3,6-11H2,(H,21,23,24). The van der Waals surface area contributed by atoms with Gasteiger partial charge in [0.15, 0.2) is 0 Å². The largest absolute Gasteiger partial charge is 0.384 e. The highest BCUT2D eigenvalue weighted by molar-refractivity contribution is 7.75. The van der Waals surface area contributed by atoms with Gasteiger partial charge in [0.05, 0.1) is 17.7 Å². The number of nitrogens with zero attached hydrogens (tertiary/aromatic N) is 1. The molecule has 0 saturated carbocycles. The number of piperidine rings is 1. The van der Waals surface area contributed by atoms with Crippen molar-refractivity contribution in [2.75, 3.05) is 31.7 Å². The van der Waals surface area contributed by atoms with E-state index in [0.29, 0.717) is 38.5 Å². The maximum absolute atomic E-state index is 12.9. The fourth-order valence-electron chi connectivity index (χ4n) is 3.39. The molecule has 2 aliphatic rings. The zero-order valence-electron chi connectivity index (χ0n) is 15.8. The van der Waals surface area contributed by atoms with Crippen molar-refractivity contribution in [1.82, 2.24) is 10.2 Å². The average Bonchev–Trinajstić information content (AvgIpc) is 2.95. The van der Waals surface area contributed by atoms with Gasteiger partial charge >= 0.3 is 0 Å². The van der Waals surface area contributed by atoms with Crippen molar-refractivity contribution in [2.24, 2.45) is 0 Å². The lowest BCUT2D eigenvalue weighted by molar-refractivity contribution is -0.136. The molecule has 1 aromatic rings. The molecule has 0 spiro atoms. The number of hydrogen-bond donors (Lipinski definition) is 3. The second-order valence-electron chi connectivity index (χ2n) is 6.75. The van der Waals surface area contributed by atoms with Gasteiger partial charge in [0, 0.05) is 31.9 Å². The molecule has 10 heteroatoms. The topological polar surface area (TPSA) is 114 Å². The van der Waals surface area contributed by atoms with E-state index in [9.17, 15) is 19.2 Å². The van der Waals surface area contributed by atoms with E-state index < -0.39 is 29.7 Å². The van der Waals surface area contributed by atoms with E-state index in [1.807, 2.05) is 0 Å². The number of carbonyl (C=O) groups excluding carboxylic acids is 4. The van der Waals surface area contributed by atoms with Gasteiger partial charge in [-0.3, -0.25) is 29.4 Å². The van der Waals surface area contributed by atoms with Crippen LogP contribution in [-0.4, -0.2) is 60.9 Å². The number of nitrogens with one attached hydrogen (secondary N) is 2. The van der Waals surface area contributed by atoms with Gasteiger partial charge in [-0.05, 0) is 44.3 Å². The molecule has 2 heterocycles. The predicted octanol–water partition coefficient (Wildman–Crippen LogP) is 1.16. The molecule has 2 N–H and O–H groups in total. The molecule has 29 heavy (non-hydrogen) atoms. The Morgan fingerprint density at radius 3 is 2.66 bits per heavy atom. The van der Waals surface area contributed by atoms with Crippen molar-refractivity contribution in [2.45, 2.75) is 31.7 Å². The Morgan fingerprint density at radius 2 is 1.90 bits per heavy atom. The zero-order valence-corrected chi connectivity index (χ0v) is 16.7. The Bertz CT molecular complexity index is 815. The molecule has 4 amide bonds. The van der Waals surface area contributed by atoms with Crippen LogP contribution < -0.4 is 10.6 Å². The van der Waals surface area contributed by atoms with Crippen LogP contribution in [0.2, 0.25) is 0 Å². The van der Waals surface area contributed by atoms with Gasteiger partial charge < -0.3 is 14.2 Å². The SMILES string of the molecule is O=C1CCC(N2C(=O)c3cccc(NCCCOCCCOS)c3C2=O)C(=O)N1. The number of thiol groups is 1. The lowest BCUT2D eigenvalue weighted by Gasteiger charge is -2.27. The van der Waals surface area contributed by atoms with Crippen molar-refractivity contribution in [1.29, 1.82) is 0 Å². The van der Waals surface area contributed by atoms with Crippen molar-refractivity contribution < 1.29 is 28.1 Å². The van der Waals surface area contributed by atoms with Crippen LogP contribution in [-0.2, 0) is 18.5 Å². The third-order valence-corrected chi connectivity index (χ3v) is 4.96. The molecular formula is C19H23N3O6S. The monoisotopic (exact) mass is 421 g/mol. The minimum absolute atomic E-state index is 0.0923. The molecule has 0 aromatic heterocycles. The lowest BCUT2D eigenvalue weighted by Crippen LogP contribution is -2.54. The molecule has 1 saturated heterocycles. The highest BCUT2D eigenvalue weighted by atomic mass is 32.1. The fraction of sp³-hybridized carbons (Fsp3) is 0.474. The maximum atomic E-state index is 12.9. The van der Waals surface area contributed by atoms with E-state index >= 15 is 0 Å². The normalized spacial score (nSPS) is 18.8. The van der Waals surface area contributed by atoms with Crippen molar-refractivity contribution in [3.05, 3.63) is 29.3 Å². The van der Waals surface area contributed by atoms with Crippen LogP contribution in [0, 0.1) is 0 Å². The Morgan fingerprint density at radius 1 is 1.10 bits per heavy atom. The summed E-state index contributed by atoms with van der Waals surface area (Å²) >= 11 is 3.66. The molecule has 156 valence electrons. The van der Waals surface area contributed by atoms with Crippen LogP contribution >= 0.6 is 12.9 Å². The molecule has 2 aliphatic heterocycles. The van der Waals surface area contributed by atoms with Crippen molar-refractivity contribution in [3.63, 3.8) is 0 Å². The van der Waals surface area contributed by atoms with Gasteiger partial charge in [-0.25, -0.2) is 0 Å². The summed E-state index contributed by atoms with van der Waals surface area (Å²) in [6.07, 6.45) is 1.70. The van der Waals surface area contributed by atoms with Crippen LogP contribution in [0.1, 0.15) is 46.4 Å². The average molecular weight is 421 g/mol. The number of benzene rings is 1. The summed E-state index contributed by atoms with van der Waals surface area (Å²) < 4.78 is 10.1. The number of hydrogen-bond acceptors (Lipinski definition) is 8. The number of amides is 4. The smallest absolute Gasteiger partial charge is 0.264 e. The number of rotatable bonds is 10. The highest BCUT2D eigenvalue weighted by Gasteiger charge is 2.45. The van der Waals surface area contributed by atoms with E-state index in [4.69, 9.17) is 4.74 Å². The lowest BCUT2D eigenvalue weighted by atomic mass is 10.0. The number of carbonyl (C=O) groups is 4. The van der Waals surface area contributed by atoms with E-state index in [2.05, 4.69) is 27.7 Å². The van der Waals surface area contributed by atoms with Crippen LogP contribution in [0.25, 0.3) is 0 Å². The quantitative estimate of drug-likeness (QED) is 0.225. The van der Waals surface area contributed by atoms with Gasteiger partial charge in [-0.15, -0.1) is 0 Å². The highest BCUT2D eigenvalue weighted by Crippen LogP contribution is 2.32. The summed E-state index contributed by atoms with van der Waals surface area (Å²) in [7, 11) is 0. The maximum Gasteiger partial charge on any atom is 0.264 e. The first kappa shape index (κ1) is 21.3. The van der Waals surface area contributed by atoms with Gasteiger partial charge in [0.1, 0.15) is 6.04 Å². The zero-order chi connectivity index (χ0) is 20.8. The molecule has 1 fully saturated rings. The van der Waals surface area contributed by atoms with Gasteiger partial charge in [0.25, 0.3) is 11.8 Å².